The molecule has 5 heterocycles. The maximum absolute atomic E-state index is 14.1. The molecule has 8 rings (SSSR count). The predicted octanol–water partition coefficient (Wildman–Crippen LogP) is 5.32. The van der Waals surface area contributed by atoms with Gasteiger partial charge in [0.15, 0.2) is 17.5 Å². The molecular weight excluding hydrogens is 487 g/mol. The van der Waals surface area contributed by atoms with Gasteiger partial charge in [-0.3, -0.25) is 4.79 Å². The molecule has 4 aromatic heterocycles. The third-order valence-corrected chi connectivity index (χ3v) is 8.55. The Morgan fingerprint density at radius 2 is 1.89 bits per heavy atom. The lowest BCUT2D eigenvalue weighted by Crippen LogP contribution is -2.51. The molecule has 0 radical (unpaired) electrons. The number of aliphatic carboxylic acids is 1. The van der Waals surface area contributed by atoms with Crippen molar-refractivity contribution < 1.29 is 18.7 Å². The van der Waals surface area contributed by atoms with Crippen LogP contribution in [0.15, 0.2) is 41.1 Å². The van der Waals surface area contributed by atoms with Crippen LogP contribution in [-0.2, 0) is 4.79 Å². The number of aromatic nitrogens is 4. The Morgan fingerprint density at radius 3 is 2.68 bits per heavy atom. The van der Waals surface area contributed by atoms with Crippen molar-refractivity contribution >= 4 is 28.7 Å². The van der Waals surface area contributed by atoms with E-state index < -0.39 is 17.7 Å². The van der Waals surface area contributed by atoms with Crippen molar-refractivity contribution in [2.45, 2.75) is 44.6 Å². The Bertz CT molecular complexity index is 1500. The Balaban J connectivity index is 1.31. The molecular formula is C28H29FN6O3. The van der Waals surface area contributed by atoms with E-state index in [1.54, 1.807) is 6.20 Å². The highest BCUT2D eigenvalue weighted by Crippen LogP contribution is 2.46. The quantitative estimate of drug-likeness (QED) is 0.315. The van der Waals surface area contributed by atoms with Crippen molar-refractivity contribution in [3.63, 3.8) is 0 Å². The number of furan rings is 1. The van der Waals surface area contributed by atoms with Gasteiger partial charge in [-0.05, 0) is 62.5 Å². The standard InChI is InChI=1S/C28H29FN6O3/c29-17-11-18-19(14-31-26(18)30-13-17)27-32-20(21-7-8-23(38-21)35-9-1-2-10-35)12-22(34-27)33-25-16-5-3-15(4-6-16)24(25)28(36)37/h7-8,11-16,24-25H,1-6,9-10H2,(H,30,31)(H,36,37)(H,32,33,34). The van der Waals surface area contributed by atoms with Gasteiger partial charge in [-0.25, -0.2) is 19.3 Å². The summed E-state index contributed by atoms with van der Waals surface area (Å²) < 4.78 is 20.3. The van der Waals surface area contributed by atoms with Crippen LogP contribution in [0, 0.1) is 23.6 Å². The maximum Gasteiger partial charge on any atom is 0.308 e. The second kappa shape index (κ2) is 9.11. The molecule has 10 heteroatoms. The van der Waals surface area contributed by atoms with E-state index in [1.165, 1.54) is 12.3 Å². The monoisotopic (exact) mass is 516 g/mol. The summed E-state index contributed by atoms with van der Waals surface area (Å²) in [7, 11) is 0. The SMILES string of the molecule is O=C(O)C1C2CCC(CC2)C1Nc1cc(-c2ccc(N3CCCC3)o2)nc(-c2c[nH]c3ncc(F)cc23)n1. The van der Waals surface area contributed by atoms with E-state index in [-0.39, 0.29) is 17.9 Å². The molecule has 0 aromatic carbocycles. The van der Waals surface area contributed by atoms with E-state index in [0.29, 0.717) is 39.7 Å². The zero-order chi connectivity index (χ0) is 25.8. The number of anilines is 2. The number of H-pyrrole nitrogens is 1. The molecule has 2 unspecified atom stereocenters. The minimum absolute atomic E-state index is 0.173. The number of aromatic amines is 1. The molecule has 196 valence electrons. The van der Waals surface area contributed by atoms with Crippen LogP contribution < -0.4 is 10.2 Å². The van der Waals surface area contributed by atoms with Gasteiger partial charge in [0.1, 0.15) is 23.0 Å². The smallest absolute Gasteiger partial charge is 0.308 e. The number of hydrogen-bond donors (Lipinski definition) is 3. The average molecular weight is 517 g/mol. The molecule has 1 saturated heterocycles. The van der Waals surface area contributed by atoms with Crippen molar-refractivity contribution in [3.8, 4) is 22.8 Å². The first-order chi connectivity index (χ1) is 18.5. The number of nitrogens with one attached hydrogen (secondary N) is 2. The van der Waals surface area contributed by atoms with Crippen LogP contribution in [0.5, 0.6) is 0 Å². The Kier molecular flexibility index (Phi) is 5.56. The third-order valence-electron chi connectivity index (χ3n) is 8.55. The van der Waals surface area contributed by atoms with Gasteiger partial charge in [0.25, 0.3) is 0 Å². The number of carboxylic acid groups (broad SMARTS) is 1. The van der Waals surface area contributed by atoms with Crippen molar-refractivity contribution in [2.24, 2.45) is 17.8 Å². The Morgan fingerprint density at radius 1 is 1.11 bits per heavy atom. The summed E-state index contributed by atoms with van der Waals surface area (Å²) in [5.74, 6) is 1.11. The molecule has 1 aliphatic heterocycles. The molecule has 38 heavy (non-hydrogen) atoms. The van der Waals surface area contributed by atoms with Crippen LogP contribution in [0.2, 0.25) is 0 Å². The van der Waals surface area contributed by atoms with Crippen molar-refractivity contribution in [2.75, 3.05) is 23.3 Å². The van der Waals surface area contributed by atoms with E-state index in [0.717, 1.165) is 57.5 Å². The van der Waals surface area contributed by atoms with Crippen molar-refractivity contribution in [1.29, 1.82) is 0 Å². The van der Waals surface area contributed by atoms with Crippen LogP contribution in [0.3, 0.4) is 0 Å². The second-order valence-corrected chi connectivity index (χ2v) is 10.8. The van der Waals surface area contributed by atoms with E-state index in [9.17, 15) is 14.3 Å². The zero-order valence-electron chi connectivity index (χ0n) is 20.9. The van der Waals surface area contributed by atoms with Crippen LogP contribution in [0.25, 0.3) is 33.9 Å². The fourth-order valence-corrected chi connectivity index (χ4v) is 6.69. The van der Waals surface area contributed by atoms with Crippen LogP contribution >= 0.6 is 0 Å². The van der Waals surface area contributed by atoms with Crippen LogP contribution in [0.4, 0.5) is 16.1 Å². The number of nitrogens with zero attached hydrogens (tertiary/aromatic N) is 4. The molecule has 2 atom stereocenters. The number of fused-ring (bicyclic) bond motifs is 4. The molecule has 9 nitrogen and oxygen atoms in total. The summed E-state index contributed by atoms with van der Waals surface area (Å²) in [6.45, 7) is 1.92. The number of hydrogen-bond acceptors (Lipinski definition) is 7. The van der Waals surface area contributed by atoms with Gasteiger partial charge in [0, 0.05) is 48.4 Å². The normalized spacial score (nSPS) is 24.8. The molecule has 4 fully saturated rings. The number of halogens is 1. The lowest BCUT2D eigenvalue weighted by atomic mass is 9.61. The van der Waals surface area contributed by atoms with Crippen LogP contribution in [0.1, 0.15) is 38.5 Å². The Hall–Kier alpha value is -3.95. The second-order valence-electron chi connectivity index (χ2n) is 10.8. The van der Waals surface area contributed by atoms with E-state index in [4.69, 9.17) is 14.4 Å². The van der Waals surface area contributed by atoms with Gasteiger partial charge in [0.05, 0.1) is 12.1 Å². The molecule has 0 spiro atoms. The van der Waals surface area contributed by atoms with Gasteiger partial charge >= 0.3 is 5.97 Å². The summed E-state index contributed by atoms with van der Waals surface area (Å²) in [6.07, 6.45) is 9.12. The van der Waals surface area contributed by atoms with Gasteiger partial charge in [-0.15, -0.1) is 0 Å². The molecule has 3 N–H and O–H groups in total. The maximum atomic E-state index is 14.1. The third kappa shape index (κ3) is 3.99. The van der Waals surface area contributed by atoms with E-state index in [1.807, 2.05) is 18.2 Å². The minimum atomic E-state index is -0.758. The van der Waals surface area contributed by atoms with E-state index in [2.05, 4.69) is 20.2 Å². The first kappa shape index (κ1) is 23.2. The lowest BCUT2D eigenvalue weighted by Gasteiger charge is -2.47. The van der Waals surface area contributed by atoms with Crippen molar-refractivity contribution in [3.05, 3.63) is 42.5 Å². The van der Waals surface area contributed by atoms with Gasteiger partial charge in [-0.1, -0.05) is 0 Å². The Labute approximate surface area is 218 Å². The first-order valence-electron chi connectivity index (χ1n) is 13.4. The topological polar surface area (TPSA) is 120 Å². The molecule has 4 aromatic rings. The van der Waals surface area contributed by atoms with E-state index >= 15 is 0 Å². The fraction of sp³-hybridized carbons (Fsp3) is 0.429. The predicted molar refractivity (Wildman–Crippen MR) is 140 cm³/mol. The zero-order valence-corrected chi connectivity index (χ0v) is 20.9. The lowest BCUT2D eigenvalue weighted by molar-refractivity contribution is -0.148. The summed E-state index contributed by atoms with van der Waals surface area (Å²) in [5, 5.41) is 14.1. The molecule has 0 amide bonds. The van der Waals surface area contributed by atoms with Crippen molar-refractivity contribution in [1.82, 2.24) is 19.9 Å². The highest BCUT2D eigenvalue weighted by Gasteiger charge is 2.47. The highest BCUT2D eigenvalue weighted by molar-refractivity contribution is 5.92. The summed E-state index contributed by atoms with van der Waals surface area (Å²) in [5.41, 5.74) is 1.73. The van der Waals surface area contributed by atoms with Gasteiger partial charge in [0.2, 0.25) is 0 Å². The average Bonchev–Trinajstić information content (AvgIpc) is 3.69. The van der Waals surface area contributed by atoms with Gasteiger partial charge in [-0.2, -0.15) is 0 Å². The number of carboxylic acids is 1. The fourth-order valence-electron chi connectivity index (χ4n) is 6.69. The largest absolute Gasteiger partial charge is 0.481 e. The number of carbonyl (C=O) groups is 1. The molecule has 3 aliphatic carbocycles. The molecule has 2 bridgehead atoms. The summed E-state index contributed by atoms with van der Waals surface area (Å²) in [4.78, 5) is 31.3. The molecule has 4 aliphatic rings. The van der Waals surface area contributed by atoms with Gasteiger partial charge < -0.3 is 24.7 Å². The highest BCUT2D eigenvalue weighted by atomic mass is 19.1. The number of pyridine rings is 1. The minimum Gasteiger partial charge on any atom is -0.481 e. The first-order valence-corrected chi connectivity index (χ1v) is 13.4. The summed E-state index contributed by atoms with van der Waals surface area (Å²) >= 11 is 0. The number of rotatable bonds is 6. The molecule has 3 saturated carbocycles. The summed E-state index contributed by atoms with van der Waals surface area (Å²) in [6, 6.07) is 6.89. The van der Waals surface area contributed by atoms with Crippen LogP contribution in [-0.4, -0.2) is 50.1 Å².